The van der Waals surface area contributed by atoms with Crippen LogP contribution in [0.3, 0.4) is 0 Å². The zero-order chi connectivity index (χ0) is 27.7. The lowest BCUT2D eigenvalue weighted by atomic mass is 9.39. The summed E-state index contributed by atoms with van der Waals surface area (Å²) in [6, 6.07) is 4.93. The van der Waals surface area contributed by atoms with Gasteiger partial charge in [0.25, 0.3) is 0 Å². The van der Waals surface area contributed by atoms with Gasteiger partial charge in [-0.05, 0) is 72.8 Å². The van der Waals surface area contributed by atoms with E-state index in [0.717, 1.165) is 12.8 Å². The number of phenolic OH excluding ortho intramolecular Hbond substituents is 1. The lowest BCUT2D eigenvalue weighted by Crippen LogP contribution is -2.64. The van der Waals surface area contributed by atoms with Gasteiger partial charge in [-0.3, -0.25) is 4.79 Å². The molecular weight excluding hydrogens is 480 g/mol. The molecule has 0 spiro atoms. The largest absolute Gasteiger partial charge is 0.504 e. The van der Waals surface area contributed by atoms with Gasteiger partial charge in [0.2, 0.25) is 0 Å². The second-order valence-electron chi connectivity index (χ2n) is 12.9. The smallest absolute Gasteiger partial charge is 0.331 e. The Morgan fingerprint density at radius 2 is 1.87 bits per heavy atom. The van der Waals surface area contributed by atoms with E-state index >= 15 is 0 Å². The molecule has 4 aliphatic carbocycles. The lowest BCUT2D eigenvalue weighted by Gasteiger charge is -2.66. The third-order valence-electron chi connectivity index (χ3n) is 10.7. The Morgan fingerprint density at radius 3 is 2.55 bits per heavy atom. The molecule has 0 radical (unpaired) electrons. The highest BCUT2D eigenvalue weighted by atomic mass is 16.5. The first-order valence-corrected chi connectivity index (χ1v) is 13.7. The topological polar surface area (TPSA) is 93.1 Å². The van der Waals surface area contributed by atoms with Crippen molar-refractivity contribution in [1.29, 1.82) is 0 Å². The number of rotatable bonds is 4. The molecule has 1 aromatic carbocycles. The number of ketones is 1. The number of hydrogen-bond donors (Lipinski definition) is 2. The summed E-state index contributed by atoms with van der Waals surface area (Å²) in [7, 11) is 1.48. The SMILES string of the molecule is COc1ccc(C=CC(=O)O[C@@H]2C[C@@H]3C(C)(C)C(=O)C=C[C@]3(C)[C@H]3CC[C@]4(C)C(=CC[C@H]4O)[C@@]32C)cc1O. The van der Waals surface area contributed by atoms with Gasteiger partial charge in [-0.2, -0.15) is 0 Å². The monoisotopic (exact) mass is 520 g/mol. The van der Waals surface area contributed by atoms with Crippen molar-refractivity contribution in [2.75, 3.05) is 7.11 Å². The summed E-state index contributed by atoms with van der Waals surface area (Å²) in [5.41, 5.74) is 0.213. The van der Waals surface area contributed by atoms with Crippen molar-refractivity contribution in [2.45, 2.75) is 72.5 Å². The van der Waals surface area contributed by atoms with Crippen LogP contribution in [-0.4, -0.2) is 41.3 Å². The summed E-state index contributed by atoms with van der Waals surface area (Å²) in [4.78, 5) is 26.3. The van der Waals surface area contributed by atoms with Gasteiger partial charge in [-0.15, -0.1) is 0 Å². The van der Waals surface area contributed by atoms with Gasteiger partial charge >= 0.3 is 5.97 Å². The number of allylic oxidation sites excluding steroid dienone is 2. The van der Waals surface area contributed by atoms with Gasteiger partial charge in [-0.25, -0.2) is 4.79 Å². The number of fused-ring (bicyclic) bond motifs is 5. The zero-order valence-electron chi connectivity index (χ0n) is 23.3. The summed E-state index contributed by atoms with van der Waals surface area (Å²) in [6.07, 6.45) is 11.1. The maximum absolute atomic E-state index is 13.3. The molecule has 2 fully saturated rings. The number of esters is 1. The standard InChI is InChI=1S/C32H40O6/c1-29(2)24-18-27(38-28(36)12-8-19-7-9-21(37-6)20(33)17-19)32(5)22-10-11-26(35)31(22,4)15-13-23(32)30(24,3)16-14-25(29)34/h7-10,12,14,16-17,23-24,26-27,33,35H,11,13,15,18H2,1-6H3/t23-,24-,26-,27-,30-,31-,32+/m1/s1. The van der Waals surface area contributed by atoms with Crippen LogP contribution in [0.2, 0.25) is 0 Å². The number of carbonyl (C=O) groups is 2. The van der Waals surface area contributed by atoms with Crippen LogP contribution in [0.4, 0.5) is 0 Å². The predicted octanol–water partition coefficient (Wildman–Crippen LogP) is 5.63. The van der Waals surface area contributed by atoms with E-state index in [2.05, 4.69) is 32.9 Å². The Kier molecular flexibility index (Phi) is 6.22. The van der Waals surface area contributed by atoms with Crippen LogP contribution in [0.15, 0.2) is 48.1 Å². The minimum atomic E-state index is -0.573. The van der Waals surface area contributed by atoms with E-state index in [1.54, 1.807) is 24.3 Å². The van der Waals surface area contributed by atoms with Gasteiger partial charge in [0.05, 0.1) is 13.2 Å². The number of phenols is 1. The molecule has 0 aliphatic heterocycles. The first-order valence-electron chi connectivity index (χ1n) is 13.7. The molecule has 0 amide bonds. The van der Waals surface area contributed by atoms with Crippen LogP contribution in [0, 0.1) is 33.5 Å². The Morgan fingerprint density at radius 1 is 1.13 bits per heavy atom. The van der Waals surface area contributed by atoms with E-state index < -0.39 is 29.0 Å². The van der Waals surface area contributed by atoms with Crippen molar-refractivity contribution in [2.24, 2.45) is 33.5 Å². The molecule has 4 aliphatic rings. The fourth-order valence-electron chi connectivity index (χ4n) is 8.55. The van der Waals surface area contributed by atoms with Crippen LogP contribution in [0.25, 0.3) is 6.08 Å². The van der Waals surface area contributed by atoms with E-state index in [9.17, 15) is 19.8 Å². The van der Waals surface area contributed by atoms with Gasteiger partial charge in [-0.1, -0.05) is 58.4 Å². The van der Waals surface area contributed by atoms with Crippen molar-refractivity contribution in [3.05, 3.63) is 53.6 Å². The summed E-state index contributed by atoms with van der Waals surface area (Å²) in [6.45, 7) is 10.7. The molecule has 6 nitrogen and oxygen atoms in total. The van der Waals surface area contributed by atoms with E-state index in [1.165, 1.54) is 24.8 Å². The van der Waals surface area contributed by atoms with E-state index in [1.807, 2.05) is 13.8 Å². The molecule has 0 unspecified atom stereocenters. The molecule has 7 atom stereocenters. The first kappa shape index (κ1) is 26.7. The van der Waals surface area contributed by atoms with Crippen molar-refractivity contribution < 1.29 is 29.3 Å². The maximum Gasteiger partial charge on any atom is 0.331 e. The molecule has 1 aromatic rings. The Hall–Kier alpha value is -2.86. The third kappa shape index (κ3) is 3.70. The summed E-state index contributed by atoms with van der Waals surface area (Å²) >= 11 is 0. The van der Waals surface area contributed by atoms with Crippen LogP contribution < -0.4 is 4.74 Å². The number of benzene rings is 1. The lowest BCUT2D eigenvalue weighted by molar-refractivity contribution is -0.187. The number of aromatic hydroxyl groups is 1. The molecule has 204 valence electrons. The minimum Gasteiger partial charge on any atom is -0.504 e. The second-order valence-corrected chi connectivity index (χ2v) is 12.9. The van der Waals surface area contributed by atoms with Crippen molar-refractivity contribution in [1.82, 2.24) is 0 Å². The fraction of sp³-hybridized carbons (Fsp3) is 0.562. The Bertz CT molecular complexity index is 1260. The summed E-state index contributed by atoms with van der Waals surface area (Å²) in [5, 5.41) is 21.1. The highest BCUT2D eigenvalue weighted by molar-refractivity contribution is 5.96. The van der Waals surface area contributed by atoms with Crippen LogP contribution in [0.5, 0.6) is 11.5 Å². The summed E-state index contributed by atoms with van der Waals surface area (Å²) in [5.74, 6) is 0.180. The molecule has 6 heteroatoms. The normalized spacial score (nSPS) is 39.2. The van der Waals surface area contributed by atoms with Gasteiger partial charge < -0.3 is 19.7 Å². The Balaban J connectivity index is 1.51. The molecule has 0 bridgehead atoms. The highest BCUT2D eigenvalue weighted by Gasteiger charge is 2.68. The van der Waals surface area contributed by atoms with Crippen LogP contribution in [-0.2, 0) is 14.3 Å². The van der Waals surface area contributed by atoms with Crippen LogP contribution >= 0.6 is 0 Å². The van der Waals surface area contributed by atoms with Gasteiger partial charge in [0.15, 0.2) is 17.3 Å². The number of hydrogen-bond acceptors (Lipinski definition) is 6. The molecule has 38 heavy (non-hydrogen) atoms. The maximum atomic E-state index is 13.3. The molecular formula is C32H40O6. The number of carbonyl (C=O) groups excluding carboxylic acids is 2. The molecule has 2 saturated carbocycles. The predicted molar refractivity (Wildman–Crippen MR) is 145 cm³/mol. The zero-order valence-corrected chi connectivity index (χ0v) is 23.3. The van der Waals surface area contributed by atoms with Gasteiger partial charge in [0.1, 0.15) is 6.10 Å². The molecule has 0 heterocycles. The van der Waals surface area contributed by atoms with E-state index in [4.69, 9.17) is 9.47 Å². The third-order valence-corrected chi connectivity index (χ3v) is 10.7. The number of aliphatic hydroxyl groups excluding tert-OH is 1. The number of methoxy groups -OCH3 is 1. The quantitative estimate of drug-likeness (QED) is 0.304. The van der Waals surface area contributed by atoms with E-state index in [0.29, 0.717) is 24.2 Å². The highest BCUT2D eigenvalue weighted by Crippen LogP contribution is 2.71. The first-order chi connectivity index (χ1) is 17.8. The molecule has 2 N–H and O–H groups in total. The van der Waals surface area contributed by atoms with Crippen molar-refractivity contribution in [3.63, 3.8) is 0 Å². The van der Waals surface area contributed by atoms with Gasteiger partial charge in [0, 0.05) is 22.3 Å². The van der Waals surface area contributed by atoms with E-state index in [-0.39, 0.29) is 34.2 Å². The summed E-state index contributed by atoms with van der Waals surface area (Å²) < 4.78 is 11.4. The fourth-order valence-corrected chi connectivity index (χ4v) is 8.55. The minimum absolute atomic E-state index is 0.00425. The number of ether oxygens (including phenoxy) is 2. The second kappa shape index (κ2) is 8.84. The number of aliphatic hydroxyl groups is 1. The molecule has 0 aromatic heterocycles. The average molecular weight is 521 g/mol. The average Bonchev–Trinajstić information content (AvgIpc) is 3.17. The molecule has 5 rings (SSSR count). The van der Waals surface area contributed by atoms with Crippen molar-refractivity contribution in [3.8, 4) is 11.5 Å². The van der Waals surface area contributed by atoms with Crippen molar-refractivity contribution >= 4 is 17.8 Å². The Labute approximate surface area is 225 Å². The van der Waals surface area contributed by atoms with Crippen LogP contribution in [0.1, 0.15) is 65.9 Å². The molecule has 0 saturated heterocycles.